The molecular formula is C20H18ClF3N2O5. The van der Waals surface area contributed by atoms with E-state index < -0.39 is 60.2 Å². The number of benzene rings is 2. The van der Waals surface area contributed by atoms with Crippen molar-refractivity contribution in [1.29, 1.82) is 0 Å². The summed E-state index contributed by atoms with van der Waals surface area (Å²) < 4.78 is 49.8. The lowest BCUT2D eigenvalue weighted by atomic mass is 10.2. The molecule has 0 bridgehead atoms. The van der Waals surface area contributed by atoms with Crippen LogP contribution in [0.15, 0.2) is 30.3 Å². The van der Waals surface area contributed by atoms with Gasteiger partial charge in [-0.05, 0) is 49.7 Å². The van der Waals surface area contributed by atoms with E-state index in [4.69, 9.17) is 21.1 Å². The summed E-state index contributed by atoms with van der Waals surface area (Å²) in [5, 5.41) is 4.67. The number of aryl methyl sites for hydroxylation is 1. The summed E-state index contributed by atoms with van der Waals surface area (Å²) in [4.78, 5) is 35.6. The van der Waals surface area contributed by atoms with Crippen LogP contribution < -0.4 is 15.4 Å². The van der Waals surface area contributed by atoms with Gasteiger partial charge in [-0.15, -0.1) is 0 Å². The number of halogens is 4. The van der Waals surface area contributed by atoms with Crippen molar-refractivity contribution in [1.82, 2.24) is 5.32 Å². The van der Waals surface area contributed by atoms with Gasteiger partial charge in [-0.2, -0.15) is 0 Å². The Morgan fingerprint density at radius 3 is 2.48 bits per heavy atom. The molecule has 2 aromatic carbocycles. The second-order valence-electron chi connectivity index (χ2n) is 6.32. The van der Waals surface area contributed by atoms with Gasteiger partial charge in [-0.25, -0.2) is 18.0 Å². The second kappa shape index (κ2) is 10.7. The molecule has 1 atom stereocenters. The largest absolute Gasteiger partial charge is 0.482 e. The summed E-state index contributed by atoms with van der Waals surface area (Å²) in [5.74, 6) is -6.84. The summed E-state index contributed by atoms with van der Waals surface area (Å²) in [6, 6.07) is 6.29. The van der Waals surface area contributed by atoms with Gasteiger partial charge in [0.05, 0.1) is 12.2 Å². The molecule has 0 aliphatic heterocycles. The molecule has 0 heterocycles. The summed E-state index contributed by atoms with van der Waals surface area (Å²) in [5.41, 5.74) is 0.113. The highest BCUT2D eigenvalue weighted by atomic mass is 35.5. The Balaban J connectivity index is 1.78. The quantitative estimate of drug-likeness (QED) is 0.468. The third kappa shape index (κ3) is 6.88. The summed E-state index contributed by atoms with van der Waals surface area (Å²) >= 11 is 5.83. The van der Waals surface area contributed by atoms with Crippen molar-refractivity contribution < 1.29 is 37.0 Å². The van der Waals surface area contributed by atoms with E-state index in [1.54, 1.807) is 25.1 Å². The first-order chi connectivity index (χ1) is 14.6. The normalized spacial score (nSPS) is 11.4. The van der Waals surface area contributed by atoms with E-state index in [-0.39, 0.29) is 0 Å². The average molecular weight is 459 g/mol. The number of rotatable bonds is 8. The molecule has 0 aliphatic rings. The van der Waals surface area contributed by atoms with Crippen LogP contribution in [0.1, 0.15) is 12.5 Å². The summed E-state index contributed by atoms with van der Waals surface area (Å²) in [6.07, 6.45) is -1.25. The molecule has 11 heteroatoms. The Kier molecular flexibility index (Phi) is 8.26. The third-order valence-corrected chi connectivity index (χ3v) is 4.13. The maximum Gasteiger partial charge on any atom is 0.344 e. The van der Waals surface area contributed by atoms with Crippen LogP contribution in [0.3, 0.4) is 0 Å². The molecule has 1 unspecified atom stereocenters. The molecule has 2 N–H and O–H groups in total. The van der Waals surface area contributed by atoms with Gasteiger partial charge in [0, 0.05) is 5.02 Å². The van der Waals surface area contributed by atoms with E-state index in [2.05, 4.69) is 5.32 Å². The molecule has 31 heavy (non-hydrogen) atoms. The van der Waals surface area contributed by atoms with Gasteiger partial charge < -0.3 is 20.1 Å². The standard InChI is InChI=1S/C20H18ClF3N2O5/c1-10-7-12(21)3-6-15(10)30-9-17(28)31-11(2)20(29)25-8-16(27)26-14-5-4-13(22)18(23)19(14)24/h3-7,11H,8-9H2,1-2H3,(H,25,29)(H,26,27). The fraction of sp³-hybridized carbons (Fsp3) is 0.250. The first-order valence-electron chi connectivity index (χ1n) is 8.88. The zero-order valence-corrected chi connectivity index (χ0v) is 17.2. The van der Waals surface area contributed by atoms with Crippen LogP contribution in [-0.4, -0.2) is 37.0 Å². The molecule has 0 saturated heterocycles. The first-order valence-corrected chi connectivity index (χ1v) is 9.25. The Bertz CT molecular complexity index is 1000. The van der Waals surface area contributed by atoms with E-state index in [1.807, 2.05) is 5.32 Å². The van der Waals surface area contributed by atoms with E-state index in [9.17, 15) is 27.6 Å². The van der Waals surface area contributed by atoms with Crippen LogP contribution in [0.2, 0.25) is 5.02 Å². The molecule has 2 rings (SSSR count). The summed E-state index contributed by atoms with van der Waals surface area (Å²) in [6.45, 7) is 1.92. The van der Waals surface area contributed by atoms with E-state index in [0.717, 1.165) is 6.07 Å². The van der Waals surface area contributed by atoms with Crippen molar-refractivity contribution in [3.05, 3.63) is 58.4 Å². The number of anilines is 1. The molecule has 0 saturated carbocycles. The number of amides is 2. The lowest BCUT2D eigenvalue weighted by Crippen LogP contribution is -2.40. The zero-order chi connectivity index (χ0) is 23.1. The minimum atomic E-state index is -1.74. The van der Waals surface area contributed by atoms with Gasteiger partial charge in [0.1, 0.15) is 5.75 Å². The fourth-order valence-electron chi connectivity index (χ4n) is 2.32. The minimum Gasteiger partial charge on any atom is -0.482 e. The second-order valence-corrected chi connectivity index (χ2v) is 6.76. The molecule has 0 fully saturated rings. The number of carbonyl (C=O) groups excluding carboxylic acids is 3. The van der Waals surface area contributed by atoms with Gasteiger partial charge >= 0.3 is 5.97 Å². The molecule has 0 aliphatic carbocycles. The Hall–Kier alpha value is -3.27. The Morgan fingerprint density at radius 1 is 1.10 bits per heavy atom. The van der Waals surface area contributed by atoms with E-state index >= 15 is 0 Å². The van der Waals surface area contributed by atoms with Crippen LogP contribution in [-0.2, 0) is 19.1 Å². The van der Waals surface area contributed by atoms with E-state index in [1.165, 1.54) is 6.92 Å². The highest BCUT2D eigenvalue weighted by Crippen LogP contribution is 2.22. The van der Waals surface area contributed by atoms with Crippen molar-refractivity contribution in [2.24, 2.45) is 0 Å². The molecule has 2 amide bonds. The number of esters is 1. The molecular weight excluding hydrogens is 441 g/mol. The summed E-state index contributed by atoms with van der Waals surface area (Å²) in [7, 11) is 0. The fourth-order valence-corrected chi connectivity index (χ4v) is 2.55. The van der Waals surface area contributed by atoms with Crippen molar-refractivity contribution in [2.45, 2.75) is 20.0 Å². The van der Waals surface area contributed by atoms with Crippen molar-refractivity contribution in [2.75, 3.05) is 18.5 Å². The smallest absolute Gasteiger partial charge is 0.344 e. The molecule has 0 aromatic heterocycles. The molecule has 0 spiro atoms. The number of nitrogens with one attached hydrogen (secondary N) is 2. The molecule has 7 nitrogen and oxygen atoms in total. The topological polar surface area (TPSA) is 93.7 Å². The monoisotopic (exact) mass is 458 g/mol. The molecule has 166 valence electrons. The highest BCUT2D eigenvalue weighted by Gasteiger charge is 2.20. The Labute approximate surface area is 180 Å². The van der Waals surface area contributed by atoms with E-state index in [0.29, 0.717) is 22.4 Å². The van der Waals surface area contributed by atoms with Crippen LogP contribution in [0.5, 0.6) is 5.75 Å². The average Bonchev–Trinajstić information content (AvgIpc) is 2.71. The third-order valence-electron chi connectivity index (χ3n) is 3.89. The number of carbonyl (C=O) groups is 3. The number of hydrogen-bond donors (Lipinski definition) is 2. The maximum absolute atomic E-state index is 13.5. The van der Waals surface area contributed by atoms with Crippen LogP contribution in [0, 0.1) is 24.4 Å². The van der Waals surface area contributed by atoms with Gasteiger partial charge in [-0.3, -0.25) is 9.59 Å². The van der Waals surface area contributed by atoms with Crippen LogP contribution >= 0.6 is 11.6 Å². The lowest BCUT2D eigenvalue weighted by Gasteiger charge is -2.14. The van der Waals surface area contributed by atoms with Crippen molar-refractivity contribution >= 4 is 35.1 Å². The number of hydrogen-bond acceptors (Lipinski definition) is 5. The first kappa shape index (κ1) is 24.0. The highest BCUT2D eigenvalue weighted by molar-refractivity contribution is 6.30. The van der Waals surface area contributed by atoms with Gasteiger partial charge in [0.2, 0.25) is 5.91 Å². The predicted octanol–water partition coefficient (Wildman–Crippen LogP) is 3.13. The predicted molar refractivity (Wildman–Crippen MR) is 105 cm³/mol. The Morgan fingerprint density at radius 2 is 1.81 bits per heavy atom. The minimum absolute atomic E-state index is 0.416. The van der Waals surface area contributed by atoms with Gasteiger partial charge in [-0.1, -0.05) is 11.6 Å². The van der Waals surface area contributed by atoms with Gasteiger partial charge in [0.15, 0.2) is 30.2 Å². The van der Waals surface area contributed by atoms with Crippen LogP contribution in [0.25, 0.3) is 0 Å². The van der Waals surface area contributed by atoms with Gasteiger partial charge in [0.25, 0.3) is 5.91 Å². The zero-order valence-electron chi connectivity index (χ0n) is 16.4. The molecule has 0 radical (unpaired) electrons. The van der Waals surface area contributed by atoms with Crippen LogP contribution in [0.4, 0.5) is 18.9 Å². The SMILES string of the molecule is Cc1cc(Cl)ccc1OCC(=O)OC(C)C(=O)NCC(=O)Nc1ccc(F)c(F)c1F. The van der Waals surface area contributed by atoms with Crippen molar-refractivity contribution in [3.8, 4) is 5.75 Å². The molecule has 2 aromatic rings. The lowest BCUT2D eigenvalue weighted by molar-refractivity contribution is -0.156. The van der Waals surface area contributed by atoms with Crippen molar-refractivity contribution in [3.63, 3.8) is 0 Å². The number of ether oxygens (including phenoxy) is 2. The maximum atomic E-state index is 13.5.